The summed E-state index contributed by atoms with van der Waals surface area (Å²) in [5.41, 5.74) is 0.557. The molecule has 0 fully saturated rings. The van der Waals surface area contributed by atoms with E-state index in [1.54, 1.807) is 61.7 Å². The lowest BCUT2D eigenvalue weighted by atomic mass is 10.1. The van der Waals surface area contributed by atoms with Crippen molar-refractivity contribution in [2.24, 2.45) is 4.99 Å². The first kappa shape index (κ1) is 19.2. The number of fused-ring (bicyclic) bond motifs is 3. The molecule has 0 spiro atoms. The van der Waals surface area contributed by atoms with Gasteiger partial charge in [-0.2, -0.15) is 0 Å². The minimum Gasteiger partial charge on any atom is -0.477 e. The molecule has 0 aliphatic rings. The average molecular weight is 426 g/mol. The molecule has 1 N–H and O–H groups in total. The van der Waals surface area contributed by atoms with Crippen LogP contribution < -0.4 is 5.56 Å². The summed E-state index contributed by atoms with van der Waals surface area (Å²) in [5, 5.41) is 11.9. The molecule has 0 saturated heterocycles. The van der Waals surface area contributed by atoms with E-state index in [0.717, 1.165) is 11.3 Å². The van der Waals surface area contributed by atoms with Crippen LogP contribution in [-0.4, -0.2) is 41.0 Å². The van der Waals surface area contributed by atoms with Crippen molar-refractivity contribution in [3.8, 4) is 5.69 Å². The number of para-hydroxylation sites is 1. The van der Waals surface area contributed by atoms with Crippen LogP contribution in [0.25, 0.3) is 26.7 Å². The van der Waals surface area contributed by atoms with Crippen LogP contribution in [-0.2, 0) is 0 Å². The summed E-state index contributed by atoms with van der Waals surface area (Å²) in [4.78, 5) is 32.1. The zero-order chi connectivity index (χ0) is 20.7. The van der Waals surface area contributed by atoms with E-state index in [0.29, 0.717) is 37.4 Å². The normalized spacial score (nSPS) is 11.6. The summed E-state index contributed by atoms with van der Waals surface area (Å²) in [7, 11) is 3.60. The van der Waals surface area contributed by atoms with E-state index in [-0.39, 0.29) is 10.4 Å². The van der Waals surface area contributed by atoms with Gasteiger partial charge in [-0.15, -0.1) is 11.3 Å². The summed E-state index contributed by atoms with van der Waals surface area (Å²) in [5.74, 6) is -1.10. The SMILES string of the molecule is CN(C)C=Nc1c(C(=O)O)sc2c1c1ccccc1c(=O)n2-c1ccccc1Cl. The second-order valence-electron chi connectivity index (χ2n) is 6.61. The van der Waals surface area contributed by atoms with Gasteiger partial charge in [0.15, 0.2) is 0 Å². The third-order valence-corrected chi connectivity index (χ3v) is 5.87. The van der Waals surface area contributed by atoms with Crippen LogP contribution in [0.3, 0.4) is 0 Å². The fourth-order valence-corrected chi connectivity index (χ4v) is 4.54. The number of halogens is 1. The van der Waals surface area contributed by atoms with Gasteiger partial charge in [0.2, 0.25) is 0 Å². The van der Waals surface area contributed by atoms with Gasteiger partial charge in [0.05, 0.1) is 17.0 Å². The van der Waals surface area contributed by atoms with Crippen molar-refractivity contribution in [1.82, 2.24) is 9.47 Å². The summed E-state index contributed by atoms with van der Waals surface area (Å²) >= 11 is 7.40. The number of hydrogen-bond donors (Lipinski definition) is 1. The molecule has 6 nitrogen and oxygen atoms in total. The Hall–Kier alpha value is -3.16. The number of thiophene rings is 1. The molecular formula is C21H16ClN3O3S. The van der Waals surface area contributed by atoms with Crippen molar-refractivity contribution >= 4 is 61.9 Å². The molecule has 2 aromatic carbocycles. The molecule has 0 aliphatic carbocycles. The quantitative estimate of drug-likeness (QED) is 0.377. The smallest absolute Gasteiger partial charge is 0.348 e. The lowest BCUT2D eigenvalue weighted by Crippen LogP contribution is -2.18. The lowest BCUT2D eigenvalue weighted by Gasteiger charge is -2.12. The van der Waals surface area contributed by atoms with Gasteiger partial charge in [0.1, 0.15) is 15.4 Å². The molecule has 0 unspecified atom stereocenters. The monoisotopic (exact) mass is 425 g/mol. The van der Waals surface area contributed by atoms with Gasteiger partial charge in [0, 0.05) is 24.9 Å². The molecule has 2 heterocycles. The molecular weight excluding hydrogens is 410 g/mol. The van der Waals surface area contributed by atoms with Gasteiger partial charge < -0.3 is 10.0 Å². The van der Waals surface area contributed by atoms with E-state index in [4.69, 9.17) is 11.6 Å². The fourth-order valence-electron chi connectivity index (χ4n) is 3.20. The number of carbonyl (C=O) groups is 1. The molecule has 0 bridgehead atoms. The molecule has 4 aromatic rings. The van der Waals surface area contributed by atoms with Gasteiger partial charge in [0.25, 0.3) is 5.56 Å². The van der Waals surface area contributed by atoms with Crippen LogP contribution in [0.15, 0.2) is 58.3 Å². The second kappa shape index (κ2) is 7.35. The van der Waals surface area contributed by atoms with Crippen LogP contribution in [0.1, 0.15) is 9.67 Å². The van der Waals surface area contributed by atoms with Crippen molar-refractivity contribution in [2.75, 3.05) is 14.1 Å². The second-order valence-corrected chi connectivity index (χ2v) is 8.02. The summed E-state index contributed by atoms with van der Waals surface area (Å²) in [6.07, 6.45) is 1.55. The number of aromatic nitrogens is 1. The van der Waals surface area contributed by atoms with E-state index in [1.165, 1.54) is 4.57 Å². The zero-order valence-corrected chi connectivity index (χ0v) is 17.2. The third-order valence-electron chi connectivity index (χ3n) is 4.40. The molecule has 4 rings (SSSR count). The van der Waals surface area contributed by atoms with Crippen molar-refractivity contribution in [2.45, 2.75) is 0 Å². The first-order valence-corrected chi connectivity index (χ1v) is 9.88. The summed E-state index contributed by atoms with van der Waals surface area (Å²) < 4.78 is 1.48. The van der Waals surface area contributed by atoms with Gasteiger partial charge in [-0.25, -0.2) is 9.79 Å². The first-order chi connectivity index (χ1) is 13.9. The van der Waals surface area contributed by atoms with Crippen molar-refractivity contribution < 1.29 is 9.90 Å². The van der Waals surface area contributed by atoms with E-state index in [1.807, 2.05) is 12.1 Å². The Kier molecular flexibility index (Phi) is 4.86. The Labute approximate surface area is 174 Å². The van der Waals surface area contributed by atoms with E-state index < -0.39 is 5.97 Å². The number of carboxylic acids is 1. The van der Waals surface area contributed by atoms with Crippen LogP contribution in [0, 0.1) is 0 Å². The molecule has 2 aromatic heterocycles. The van der Waals surface area contributed by atoms with Gasteiger partial charge in [-0.3, -0.25) is 9.36 Å². The third kappa shape index (κ3) is 3.18. The molecule has 0 aliphatic heterocycles. The molecule has 0 amide bonds. The number of aromatic carboxylic acids is 1. The van der Waals surface area contributed by atoms with Gasteiger partial charge in [-0.1, -0.05) is 41.9 Å². The summed E-state index contributed by atoms with van der Waals surface area (Å²) in [6, 6.07) is 14.1. The fraction of sp³-hybridized carbons (Fsp3) is 0.0952. The highest BCUT2D eigenvalue weighted by atomic mass is 35.5. The van der Waals surface area contributed by atoms with Crippen molar-refractivity contribution in [1.29, 1.82) is 0 Å². The number of nitrogens with zero attached hydrogens (tertiary/aromatic N) is 3. The first-order valence-electron chi connectivity index (χ1n) is 8.69. The van der Waals surface area contributed by atoms with E-state index in [2.05, 4.69) is 4.99 Å². The van der Waals surface area contributed by atoms with Crippen molar-refractivity contribution in [3.63, 3.8) is 0 Å². The largest absolute Gasteiger partial charge is 0.477 e. The lowest BCUT2D eigenvalue weighted by molar-refractivity contribution is 0.0703. The van der Waals surface area contributed by atoms with Gasteiger partial charge >= 0.3 is 5.97 Å². The molecule has 0 atom stereocenters. The van der Waals surface area contributed by atoms with Crippen molar-refractivity contribution in [3.05, 3.63) is 68.8 Å². The van der Waals surface area contributed by atoms with E-state index >= 15 is 0 Å². The molecule has 0 saturated carbocycles. The zero-order valence-electron chi connectivity index (χ0n) is 15.6. The van der Waals surface area contributed by atoms with Crippen LogP contribution in [0.5, 0.6) is 0 Å². The Morgan fingerprint density at radius 3 is 2.45 bits per heavy atom. The van der Waals surface area contributed by atoms with Crippen LogP contribution >= 0.6 is 22.9 Å². The predicted molar refractivity (Wildman–Crippen MR) is 119 cm³/mol. The Morgan fingerprint density at radius 2 is 1.79 bits per heavy atom. The minimum atomic E-state index is -1.10. The number of rotatable bonds is 4. The average Bonchev–Trinajstić information content (AvgIpc) is 3.07. The van der Waals surface area contributed by atoms with Crippen LogP contribution in [0.2, 0.25) is 5.02 Å². The number of pyridine rings is 1. The number of carboxylic acid groups (broad SMARTS) is 1. The highest BCUT2D eigenvalue weighted by Crippen LogP contribution is 2.42. The number of hydrogen-bond acceptors (Lipinski definition) is 4. The predicted octanol–water partition coefficient (Wildman–Crippen LogP) is 4.78. The number of aliphatic imine (C=N–C) groups is 1. The molecule has 29 heavy (non-hydrogen) atoms. The number of benzene rings is 2. The highest BCUT2D eigenvalue weighted by Gasteiger charge is 2.24. The Bertz CT molecular complexity index is 1350. The minimum absolute atomic E-state index is 0.0645. The molecule has 146 valence electrons. The summed E-state index contributed by atoms with van der Waals surface area (Å²) in [6.45, 7) is 0. The highest BCUT2D eigenvalue weighted by molar-refractivity contribution is 7.21. The molecule has 8 heteroatoms. The van der Waals surface area contributed by atoms with E-state index in [9.17, 15) is 14.7 Å². The standard InChI is InChI=1S/C21H16ClN3O3S/c1-24(2)11-23-17-16-12-7-3-4-8-13(12)19(26)25(15-10-6-5-9-14(15)22)20(16)29-18(17)21(27)28/h3-11H,1-2H3,(H,27,28). The van der Waals surface area contributed by atoms with Crippen LogP contribution in [0.4, 0.5) is 5.69 Å². The Balaban J connectivity index is 2.27. The topological polar surface area (TPSA) is 74.9 Å². The maximum absolute atomic E-state index is 13.4. The molecule has 0 radical (unpaired) electrons. The maximum atomic E-state index is 13.4. The Morgan fingerprint density at radius 1 is 1.14 bits per heavy atom. The maximum Gasteiger partial charge on any atom is 0.348 e. The van der Waals surface area contributed by atoms with Gasteiger partial charge in [-0.05, 0) is 23.6 Å².